The van der Waals surface area contributed by atoms with Gasteiger partial charge in [-0.25, -0.2) is 0 Å². The second-order valence-electron chi connectivity index (χ2n) is 6.24. The molecule has 1 heterocycles. The highest BCUT2D eigenvalue weighted by molar-refractivity contribution is 8.00. The fourth-order valence-corrected chi connectivity index (χ4v) is 4.53. The van der Waals surface area contributed by atoms with Crippen LogP contribution in [0.1, 0.15) is 13.8 Å². The summed E-state index contributed by atoms with van der Waals surface area (Å²) in [4.78, 5) is 29.7. The molecular weight excluding hydrogens is 452 g/mol. The van der Waals surface area contributed by atoms with E-state index in [1.807, 2.05) is 44.2 Å². The van der Waals surface area contributed by atoms with Crippen molar-refractivity contribution in [1.82, 2.24) is 9.36 Å². The molecule has 0 saturated carbocycles. The smallest absolute Gasteiger partial charge is 0.262 e. The van der Waals surface area contributed by atoms with Gasteiger partial charge in [-0.2, -0.15) is 9.36 Å². The van der Waals surface area contributed by atoms with E-state index in [1.165, 1.54) is 35.1 Å². The van der Waals surface area contributed by atoms with Gasteiger partial charge in [0.15, 0.2) is 6.61 Å². The van der Waals surface area contributed by atoms with Crippen LogP contribution in [0.25, 0.3) is 0 Å². The van der Waals surface area contributed by atoms with E-state index in [2.05, 4.69) is 20.0 Å². The van der Waals surface area contributed by atoms with Crippen LogP contribution in [0.5, 0.6) is 5.75 Å². The number of nitrogens with one attached hydrogen (secondary N) is 2. The van der Waals surface area contributed by atoms with Crippen LogP contribution in [-0.4, -0.2) is 38.8 Å². The van der Waals surface area contributed by atoms with Crippen LogP contribution in [0.3, 0.4) is 0 Å². The molecule has 0 aliphatic rings. The summed E-state index contributed by atoms with van der Waals surface area (Å²) in [5, 5.41) is 6.46. The summed E-state index contributed by atoms with van der Waals surface area (Å²) in [6, 6.07) is 16.5. The van der Waals surface area contributed by atoms with Crippen LogP contribution < -0.4 is 15.4 Å². The van der Waals surface area contributed by atoms with Crippen molar-refractivity contribution in [3.63, 3.8) is 0 Å². The molecule has 0 saturated heterocycles. The van der Waals surface area contributed by atoms with Gasteiger partial charge in [-0.05, 0) is 49.1 Å². The Balaban J connectivity index is 1.45. The van der Waals surface area contributed by atoms with E-state index in [0.29, 0.717) is 21.7 Å². The van der Waals surface area contributed by atoms with Crippen molar-refractivity contribution in [3.05, 3.63) is 54.6 Å². The number of nitrogens with zero attached hydrogens (tertiary/aromatic N) is 2. The minimum atomic E-state index is -0.314. The molecule has 1 atom stereocenters. The molecule has 0 bridgehead atoms. The summed E-state index contributed by atoms with van der Waals surface area (Å²) in [7, 11) is 0. The lowest BCUT2D eigenvalue weighted by atomic mass is 10.3. The van der Waals surface area contributed by atoms with Crippen LogP contribution in [0, 0.1) is 0 Å². The minimum Gasteiger partial charge on any atom is -0.484 e. The van der Waals surface area contributed by atoms with E-state index in [1.54, 1.807) is 24.3 Å². The molecule has 1 aromatic heterocycles. The van der Waals surface area contributed by atoms with Gasteiger partial charge >= 0.3 is 0 Å². The lowest BCUT2D eigenvalue weighted by Crippen LogP contribution is -2.22. The normalized spacial score (nSPS) is 11.5. The highest BCUT2D eigenvalue weighted by Crippen LogP contribution is 2.26. The first-order chi connectivity index (χ1) is 15.0. The molecule has 3 aromatic rings. The van der Waals surface area contributed by atoms with E-state index in [-0.39, 0.29) is 23.7 Å². The number of carbonyl (C=O) groups is 2. The summed E-state index contributed by atoms with van der Waals surface area (Å²) in [6.45, 7) is 3.79. The Morgan fingerprint density at radius 3 is 2.55 bits per heavy atom. The van der Waals surface area contributed by atoms with Gasteiger partial charge in [0.25, 0.3) is 5.91 Å². The standard InChI is InChI=1S/C21H22N4O3S3/c1-3-29-21-24-20(31-25-21)23-19(27)14(2)30-17-11-9-15(10-12-17)22-18(26)13-28-16-7-5-4-6-8-16/h4-12,14H,3,13H2,1-2H3,(H,22,26)(H,23,24,25,27). The third kappa shape index (κ3) is 7.57. The second-order valence-corrected chi connectivity index (χ2v) is 9.64. The zero-order valence-electron chi connectivity index (χ0n) is 17.0. The number of benzene rings is 2. The fraction of sp³-hybridized carbons (Fsp3) is 0.238. The molecule has 0 spiro atoms. The maximum absolute atomic E-state index is 12.4. The highest BCUT2D eigenvalue weighted by Gasteiger charge is 2.17. The van der Waals surface area contributed by atoms with Crippen molar-refractivity contribution in [3.8, 4) is 5.75 Å². The lowest BCUT2D eigenvalue weighted by molar-refractivity contribution is -0.118. The average Bonchev–Trinajstić information content (AvgIpc) is 3.21. The van der Waals surface area contributed by atoms with E-state index in [4.69, 9.17) is 4.74 Å². The van der Waals surface area contributed by atoms with Crippen molar-refractivity contribution >= 4 is 57.7 Å². The van der Waals surface area contributed by atoms with Crippen molar-refractivity contribution in [2.24, 2.45) is 0 Å². The molecule has 2 N–H and O–H groups in total. The number of anilines is 2. The first-order valence-corrected chi connectivity index (χ1v) is 12.2. The molecule has 0 aliphatic heterocycles. The molecule has 2 aromatic carbocycles. The maximum atomic E-state index is 12.4. The Kier molecular flexibility index (Phi) is 8.74. The first kappa shape index (κ1) is 23.1. The van der Waals surface area contributed by atoms with Crippen LogP contribution in [0.2, 0.25) is 0 Å². The number of thioether (sulfide) groups is 2. The molecule has 31 heavy (non-hydrogen) atoms. The molecule has 3 rings (SSSR count). The Labute approximate surface area is 193 Å². The van der Waals surface area contributed by atoms with Gasteiger partial charge in [0.2, 0.25) is 16.2 Å². The fourth-order valence-electron chi connectivity index (χ4n) is 2.39. The first-order valence-electron chi connectivity index (χ1n) is 9.55. The van der Waals surface area contributed by atoms with Crippen LogP contribution in [-0.2, 0) is 9.59 Å². The summed E-state index contributed by atoms with van der Waals surface area (Å²) < 4.78 is 9.63. The van der Waals surface area contributed by atoms with E-state index in [9.17, 15) is 9.59 Å². The van der Waals surface area contributed by atoms with Crippen LogP contribution in [0.15, 0.2) is 64.6 Å². The summed E-state index contributed by atoms with van der Waals surface area (Å²) in [6.07, 6.45) is 0. The number of aromatic nitrogens is 2. The number of hydrogen-bond donors (Lipinski definition) is 2. The summed E-state index contributed by atoms with van der Waals surface area (Å²) in [5.74, 6) is 1.15. The lowest BCUT2D eigenvalue weighted by Gasteiger charge is -2.11. The van der Waals surface area contributed by atoms with Gasteiger partial charge in [0.05, 0.1) is 5.25 Å². The molecule has 0 aliphatic carbocycles. The quantitative estimate of drug-likeness (QED) is 0.408. The van der Waals surface area contributed by atoms with Gasteiger partial charge in [0.1, 0.15) is 5.75 Å². The monoisotopic (exact) mass is 474 g/mol. The summed E-state index contributed by atoms with van der Waals surface area (Å²) in [5.41, 5.74) is 0.665. The van der Waals surface area contributed by atoms with Gasteiger partial charge in [0, 0.05) is 22.1 Å². The minimum absolute atomic E-state index is 0.0676. The Bertz CT molecular complexity index is 997. The molecule has 2 amide bonds. The SMILES string of the molecule is CCSc1nsc(NC(=O)C(C)Sc2ccc(NC(=O)COc3ccccc3)cc2)n1. The van der Waals surface area contributed by atoms with Crippen molar-refractivity contribution in [1.29, 1.82) is 0 Å². The summed E-state index contributed by atoms with van der Waals surface area (Å²) >= 11 is 4.14. The van der Waals surface area contributed by atoms with Gasteiger partial charge in [-0.1, -0.05) is 36.9 Å². The largest absolute Gasteiger partial charge is 0.484 e. The van der Waals surface area contributed by atoms with Crippen molar-refractivity contribution in [2.45, 2.75) is 29.1 Å². The predicted octanol–water partition coefficient (Wildman–Crippen LogP) is 4.79. The number of ether oxygens (including phenoxy) is 1. The number of rotatable bonds is 10. The molecule has 0 fully saturated rings. The van der Waals surface area contributed by atoms with Crippen LogP contribution in [0.4, 0.5) is 10.8 Å². The van der Waals surface area contributed by atoms with Crippen LogP contribution >= 0.6 is 35.1 Å². The predicted molar refractivity (Wildman–Crippen MR) is 127 cm³/mol. The molecule has 1 unspecified atom stereocenters. The molecule has 162 valence electrons. The van der Waals surface area contributed by atoms with Gasteiger partial charge in [-0.15, -0.1) is 11.8 Å². The van der Waals surface area contributed by atoms with Gasteiger partial charge in [-0.3, -0.25) is 14.9 Å². The maximum Gasteiger partial charge on any atom is 0.262 e. The number of para-hydroxylation sites is 1. The molecular formula is C21H22N4O3S3. The van der Waals surface area contributed by atoms with E-state index >= 15 is 0 Å². The van der Waals surface area contributed by atoms with Crippen molar-refractivity contribution < 1.29 is 14.3 Å². The number of carbonyl (C=O) groups excluding carboxylic acids is 2. The zero-order chi connectivity index (χ0) is 22.1. The molecule has 10 heteroatoms. The Morgan fingerprint density at radius 2 is 1.84 bits per heavy atom. The number of amides is 2. The second kappa shape index (κ2) is 11.7. The molecule has 7 nitrogen and oxygen atoms in total. The zero-order valence-corrected chi connectivity index (χ0v) is 19.5. The van der Waals surface area contributed by atoms with Crippen molar-refractivity contribution in [2.75, 3.05) is 23.0 Å². The number of hydrogen-bond acceptors (Lipinski definition) is 8. The average molecular weight is 475 g/mol. The Morgan fingerprint density at radius 1 is 1.10 bits per heavy atom. The molecule has 0 radical (unpaired) electrons. The Hall–Kier alpha value is -2.56. The highest BCUT2D eigenvalue weighted by atomic mass is 32.2. The van der Waals surface area contributed by atoms with E-state index < -0.39 is 0 Å². The van der Waals surface area contributed by atoms with E-state index in [0.717, 1.165) is 10.6 Å². The topological polar surface area (TPSA) is 93.2 Å². The third-order valence-corrected chi connectivity index (χ3v) is 6.43. The van der Waals surface area contributed by atoms with Gasteiger partial charge < -0.3 is 10.1 Å². The third-order valence-electron chi connectivity index (χ3n) is 3.84.